The van der Waals surface area contributed by atoms with Crippen molar-refractivity contribution < 1.29 is 4.74 Å². The van der Waals surface area contributed by atoms with Gasteiger partial charge in [-0.1, -0.05) is 0 Å². The number of anilines is 1. The van der Waals surface area contributed by atoms with Crippen LogP contribution in [0.15, 0.2) is 12.4 Å². The van der Waals surface area contributed by atoms with Gasteiger partial charge in [-0.2, -0.15) is 0 Å². The van der Waals surface area contributed by atoms with E-state index in [4.69, 9.17) is 10.5 Å². The van der Waals surface area contributed by atoms with E-state index in [1.54, 1.807) is 0 Å². The number of hydrogen-bond acceptors (Lipinski definition) is 4. The Labute approximate surface area is 89.8 Å². The molecule has 84 valence electrons. The fraction of sp³-hybridized carbons (Fsp3) is 0.700. The number of morpholine rings is 1. The van der Waals surface area contributed by atoms with E-state index in [0.717, 1.165) is 32.2 Å². The molecule has 2 heterocycles. The Kier molecular flexibility index (Phi) is 3.23. The first kappa shape index (κ1) is 10.4. The highest BCUT2D eigenvalue weighted by atomic mass is 16.5. The van der Waals surface area contributed by atoms with Gasteiger partial charge in [0, 0.05) is 38.6 Å². The average Bonchev–Trinajstić information content (AvgIpc) is 2.77. The summed E-state index contributed by atoms with van der Waals surface area (Å²) in [4.78, 5) is 6.61. The SMILES string of the molecule is CCn1ccnc1N1CCOC(CN)C1. The molecule has 1 saturated heterocycles. The first-order chi connectivity index (χ1) is 7.35. The van der Waals surface area contributed by atoms with E-state index >= 15 is 0 Å². The molecule has 1 aliphatic heterocycles. The van der Waals surface area contributed by atoms with Crippen LogP contribution < -0.4 is 10.6 Å². The molecule has 0 radical (unpaired) electrons. The summed E-state index contributed by atoms with van der Waals surface area (Å²) in [5.41, 5.74) is 5.61. The van der Waals surface area contributed by atoms with Gasteiger partial charge in [-0.15, -0.1) is 0 Å². The Morgan fingerprint density at radius 3 is 3.27 bits per heavy atom. The van der Waals surface area contributed by atoms with Crippen LogP contribution >= 0.6 is 0 Å². The van der Waals surface area contributed by atoms with Gasteiger partial charge in [-0.3, -0.25) is 0 Å². The van der Waals surface area contributed by atoms with Gasteiger partial charge in [0.15, 0.2) is 0 Å². The Balaban J connectivity index is 2.09. The normalized spacial score (nSPS) is 22.0. The van der Waals surface area contributed by atoms with Crippen LogP contribution in [0.3, 0.4) is 0 Å². The van der Waals surface area contributed by atoms with Crippen molar-refractivity contribution in [3.05, 3.63) is 12.4 Å². The van der Waals surface area contributed by atoms with Crippen LogP contribution in [0.1, 0.15) is 6.92 Å². The Bertz CT molecular complexity index is 312. The van der Waals surface area contributed by atoms with Crippen molar-refractivity contribution in [1.82, 2.24) is 9.55 Å². The number of rotatable bonds is 3. The summed E-state index contributed by atoms with van der Waals surface area (Å²) < 4.78 is 7.66. The summed E-state index contributed by atoms with van der Waals surface area (Å²) >= 11 is 0. The predicted octanol–water partition coefficient (Wildman–Crippen LogP) is 0.0669. The molecule has 1 aromatic rings. The number of nitrogens with two attached hydrogens (primary N) is 1. The van der Waals surface area contributed by atoms with Gasteiger partial charge in [0.2, 0.25) is 5.95 Å². The molecule has 1 fully saturated rings. The highest BCUT2D eigenvalue weighted by molar-refractivity contribution is 5.32. The molecule has 1 aromatic heterocycles. The first-order valence-electron chi connectivity index (χ1n) is 5.43. The second-order valence-electron chi connectivity index (χ2n) is 3.69. The van der Waals surface area contributed by atoms with Gasteiger partial charge in [0.25, 0.3) is 0 Å². The van der Waals surface area contributed by atoms with Crippen molar-refractivity contribution in [3.63, 3.8) is 0 Å². The third kappa shape index (κ3) is 2.13. The van der Waals surface area contributed by atoms with Crippen LogP contribution in [0.25, 0.3) is 0 Å². The molecule has 1 aliphatic rings. The minimum Gasteiger partial charge on any atom is -0.373 e. The molecule has 15 heavy (non-hydrogen) atoms. The second-order valence-corrected chi connectivity index (χ2v) is 3.69. The lowest BCUT2D eigenvalue weighted by molar-refractivity contribution is 0.0458. The molecule has 0 spiro atoms. The van der Waals surface area contributed by atoms with Gasteiger partial charge in [0.1, 0.15) is 0 Å². The van der Waals surface area contributed by atoms with Crippen LogP contribution in [0, 0.1) is 0 Å². The Morgan fingerprint density at radius 1 is 1.67 bits per heavy atom. The van der Waals surface area contributed by atoms with Crippen molar-refractivity contribution in [2.24, 2.45) is 5.73 Å². The monoisotopic (exact) mass is 210 g/mol. The van der Waals surface area contributed by atoms with Gasteiger partial charge in [0.05, 0.1) is 12.7 Å². The quantitative estimate of drug-likeness (QED) is 0.767. The maximum atomic E-state index is 5.61. The minimum atomic E-state index is 0.140. The zero-order chi connectivity index (χ0) is 10.7. The number of aryl methyl sites for hydroxylation is 1. The van der Waals surface area contributed by atoms with Crippen molar-refractivity contribution in [1.29, 1.82) is 0 Å². The van der Waals surface area contributed by atoms with Crippen LogP contribution in [0.4, 0.5) is 5.95 Å². The van der Waals surface area contributed by atoms with Crippen molar-refractivity contribution in [2.45, 2.75) is 19.6 Å². The summed E-state index contributed by atoms with van der Waals surface area (Å²) in [7, 11) is 0. The van der Waals surface area contributed by atoms with E-state index in [2.05, 4.69) is 21.4 Å². The smallest absolute Gasteiger partial charge is 0.205 e. The second kappa shape index (κ2) is 4.63. The number of imidazole rings is 1. The highest BCUT2D eigenvalue weighted by Crippen LogP contribution is 2.15. The zero-order valence-corrected chi connectivity index (χ0v) is 9.09. The molecule has 0 saturated carbocycles. The number of hydrogen-bond donors (Lipinski definition) is 1. The fourth-order valence-corrected chi connectivity index (χ4v) is 1.88. The molecular formula is C10H18N4O. The van der Waals surface area contributed by atoms with E-state index in [-0.39, 0.29) is 6.10 Å². The molecular weight excluding hydrogens is 192 g/mol. The largest absolute Gasteiger partial charge is 0.373 e. The van der Waals surface area contributed by atoms with Gasteiger partial charge in [-0.25, -0.2) is 4.98 Å². The average molecular weight is 210 g/mol. The van der Waals surface area contributed by atoms with E-state index in [9.17, 15) is 0 Å². The maximum absolute atomic E-state index is 5.61. The van der Waals surface area contributed by atoms with Crippen LogP contribution in [-0.2, 0) is 11.3 Å². The third-order valence-corrected chi connectivity index (χ3v) is 2.72. The molecule has 0 aliphatic carbocycles. The van der Waals surface area contributed by atoms with Crippen molar-refractivity contribution >= 4 is 5.95 Å². The highest BCUT2D eigenvalue weighted by Gasteiger charge is 2.21. The summed E-state index contributed by atoms with van der Waals surface area (Å²) in [6.07, 6.45) is 3.98. The minimum absolute atomic E-state index is 0.140. The summed E-state index contributed by atoms with van der Waals surface area (Å²) in [5, 5.41) is 0. The number of ether oxygens (including phenoxy) is 1. The number of nitrogens with zero attached hydrogens (tertiary/aromatic N) is 3. The molecule has 0 aromatic carbocycles. The van der Waals surface area contributed by atoms with E-state index < -0.39 is 0 Å². The van der Waals surface area contributed by atoms with E-state index in [1.165, 1.54) is 0 Å². The standard InChI is InChI=1S/C10H18N4O/c1-2-13-4-3-12-10(13)14-5-6-15-9(7-11)8-14/h3-4,9H,2,5-8,11H2,1H3. The zero-order valence-electron chi connectivity index (χ0n) is 9.09. The lowest BCUT2D eigenvalue weighted by atomic mass is 10.3. The topological polar surface area (TPSA) is 56.3 Å². The lowest BCUT2D eigenvalue weighted by Gasteiger charge is -2.33. The summed E-state index contributed by atoms with van der Waals surface area (Å²) in [6.45, 7) is 6.11. The third-order valence-electron chi connectivity index (χ3n) is 2.72. The van der Waals surface area contributed by atoms with Crippen LogP contribution in [0.5, 0.6) is 0 Å². The Hall–Kier alpha value is -1.07. The lowest BCUT2D eigenvalue weighted by Crippen LogP contribution is -2.46. The maximum Gasteiger partial charge on any atom is 0.205 e. The fourth-order valence-electron chi connectivity index (χ4n) is 1.88. The molecule has 0 bridgehead atoms. The molecule has 5 nitrogen and oxygen atoms in total. The molecule has 2 N–H and O–H groups in total. The summed E-state index contributed by atoms with van der Waals surface area (Å²) in [6, 6.07) is 0. The molecule has 1 atom stereocenters. The van der Waals surface area contributed by atoms with Crippen LogP contribution in [-0.4, -0.2) is 41.9 Å². The number of aromatic nitrogens is 2. The molecule has 5 heteroatoms. The van der Waals surface area contributed by atoms with Crippen molar-refractivity contribution in [3.8, 4) is 0 Å². The first-order valence-corrected chi connectivity index (χ1v) is 5.43. The van der Waals surface area contributed by atoms with Gasteiger partial charge >= 0.3 is 0 Å². The Morgan fingerprint density at radius 2 is 2.53 bits per heavy atom. The molecule has 2 rings (SSSR count). The predicted molar refractivity (Wildman–Crippen MR) is 58.9 cm³/mol. The molecule has 1 unspecified atom stereocenters. The van der Waals surface area contributed by atoms with Gasteiger partial charge in [-0.05, 0) is 6.92 Å². The summed E-state index contributed by atoms with van der Waals surface area (Å²) in [5.74, 6) is 1.03. The van der Waals surface area contributed by atoms with Crippen LogP contribution in [0.2, 0.25) is 0 Å². The van der Waals surface area contributed by atoms with Crippen molar-refractivity contribution in [2.75, 3.05) is 31.1 Å². The van der Waals surface area contributed by atoms with E-state index in [1.807, 2.05) is 12.4 Å². The van der Waals surface area contributed by atoms with E-state index in [0.29, 0.717) is 6.54 Å². The molecule has 0 amide bonds. The van der Waals surface area contributed by atoms with Gasteiger partial charge < -0.3 is 19.9 Å².